The summed E-state index contributed by atoms with van der Waals surface area (Å²) in [4.78, 5) is 11.1. The normalized spacial score (nSPS) is 17.7. The van der Waals surface area contributed by atoms with Crippen molar-refractivity contribution in [1.29, 1.82) is 0 Å². The maximum absolute atomic E-state index is 5.75. The Kier molecular flexibility index (Phi) is 3.60. The zero-order chi connectivity index (χ0) is 13.1. The van der Waals surface area contributed by atoms with Gasteiger partial charge in [0.2, 0.25) is 0 Å². The lowest BCUT2D eigenvalue weighted by atomic mass is 9.98. The lowest BCUT2D eigenvalue weighted by Gasteiger charge is -2.28. The molecule has 2 heterocycles. The molecule has 19 heavy (non-hydrogen) atoms. The summed E-state index contributed by atoms with van der Waals surface area (Å²) >= 11 is 0. The third kappa shape index (κ3) is 3.01. The molecular formula is C15H19N3O. The molecule has 0 atom stereocenters. The molecule has 4 nitrogen and oxygen atoms in total. The van der Waals surface area contributed by atoms with E-state index in [9.17, 15) is 0 Å². The van der Waals surface area contributed by atoms with Crippen LogP contribution in [0, 0.1) is 5.92 Å². The molecule has 0 radical (unpaired) electrons. The summed E-state index contributed by atoms with van der Waals surface area (Å²) in [5.74, 6) is 0.631. The number of nitrogens with zero attached hydrogens (tertiary/aromatic N) is 3. The van der Waals surface area contributed by atoms with E-state index in [4.69, 9.17) is 4.74 Å². The Morgan fingerprint density at radius 3 is 2.89 bits per heavy atom. The van der Waals surface area contributed by atoms with Crippen molar-refractivity contribution in [1.82, 2.24) is 14.9 Å². The summed E-state index contributed by atoms with van der Waals surface area (Å²) in [5.41, 5.74) is 0.941. The van der Waals surface area contributed by atoms with Crippen LogP contribution in [0.25, 0.3) is 10.9 Å². The van der Waals surface area contributed by atoms with Crippen LogP contribution >= 0.6 is 0 Å². The largest absolute Gasteiger partial charge is 0.463 e. The van der Waals surface area contributed by atoms with E-state index in [0.717, 1.165) is 30.6 Å². The van der Waals surface area contributed by atoms with Crippen molar-refractivity contribution in [2.24, 2.45) is 5.92 Å². The Hall–Kier alpha value is -1.68. The Labute approximate surface area is 113 Å². The van der Waals surface area contributed by atoms with Gasteiger partial charge in [-0.15, -0.1) is 0 Å². The predicted octanol–water partition coefficient (Wildman–Crippen LogP) is 2.35. The topological polar surface area (TPSA) is 38.2 Å². The minimum absolute atomic E-state index is 0.498. The van der Waals surface area contributed by atoms with Gasteiger partial charge in [0.15, 0.2) is 0 Å². The highest BCUT2D eigenvalue weighted by Gasteiger charge is 2.17. The van der Waals surface area contributed by atoms with Crippen LogP contribution in [-0.2, 0) is 0 Å². The van der Waals surface area contributed by atoms with Crippen molar-refractivity contribution in [3.63, 3.8) is 0 Å². The summed E-state index contributed by atoms with van der Waals surface area (Å²) in [6.45, 7) is 3.05. The van der Waals surface area contributed by atoms with Gasteiger partial charge in [-0.3, -0.25) is 0 Å². The van der Waals surface area contributed by atoms with E-state index in [2.05, 4.69) is 21.9 Å². The van der Waals surface area contributed by atoms with Crippen LogP contribution in [-0.4, -0.2) is 41.6 Å². The van der Waals surface area contributed by atoms with Crippen molar-refractivity contribution in [3.05, 3.63) is 30.5 Å². The van der Waals surface area contributed by atoms with Crippen LogP contribution < -0.4 is 4.74 Å². The number of ether oxygens (including phenoxy) is 1. The maximum Gasteiger partial charge on any atom is 0.316 e. The molecule has 1 fully saturated rings. The summed E-state index contributed by atoms with van der Waals surface area (Å²) < 4.78 is 5.75. The zero-order valence-electron chi connectivity index (χ0n) is 11.2. The number of benzene rings is 1. The molecule has 100 valence electrons. The van der Waals surface area contributed by atoms with Crippen LogP contribution in [0.3, 0.4) is 0 Å². The number of para-hydroxylation sites is 1. The Morgan fingerprint density at radius 1 is 1.26 bits per heavy atom. The minimum Gasteiger partial charge on any atom is -0.463 e. The van der Waals surface area contributed by atoms with Gasteiger partial charge in [-0.05, 0) is 45.0 Å². The summed E-state index contributed by atoms with van der Waals surface area (Å²) in [7, 11) is 2.17. The van der Waals surface area contributed by atoms with E-state index in [1.54, 1.807) is 0 Å². The van der Waals surface area contributed by atoms with Crippen molar-refractivity contribution >= 4 is 10.9 Å². The Balaban J connectivity index is 1.62. The zero-order valence-corrected chi connectivity index (χ0v) is 11.2. The second-order valence-electron chi connectivity index (χ2n) is 5.27. The number of likely N-dealkylation sites (tertiary alicyclic amines) is 1. The number of rotatable bonds is 3. The van der Waals surface area contributed by atoms with Crippen LogP contribution in [0.15, 0.2) is 30.5 Å². The molecule has 0 aliphatic carbocycles. The van der Waals surface area contributed by atoms with Crippen molar-refractivity contribution in [2.45, 2.75) is 12.8 Å². The predicted molar refractivity (Wildman–Crippen MR) is 75.3 cm³/mol. The lowest BCUT2D eigenvalue weighted by Crippen LogP contribution is -2.32. The number of hydrogen-bond acceptors (Lipinski definition) is 4. The van der Waals surface area contributed by atoms with Gasteiger partial charge in [0.1, 0.15) is 0 Å². The third-order valence-electron chi connectivity index (χ3n) is 3.75. The SMILES string of the molecule is CN1CCC(COc2ncc3ccccc3n2)CC1. The fourth-order valence-electron chi connectivity index (χ4n) is 2.45. The van der Waals surface area contributed by atoms with Gasteiger partial charge in [-0.25, -0.2) is 4.98 Å². The van der Waals surface area contributed by atoms with Gasteiger partial charge in [0.05, 0.1) is 12.1 Å². The third-order valence-corrected chi connectivity index (χ3v) is 3.75. The van der Waals surface area contributed by atoms with Crippen molar-refractivity contribution < 1.29 is 4.74 Å². The minimum atomic E-state index is 0.498. The van der Waals surface area contributed by atoms with Gasteiger partial charge in [-0.1, -0.05) is 18.2 Å². The first-order valence-electron chi connectivity index (χ1n) is 6.84. The van der Waals surface area contributed by atoms with E-state index in [0.29, 0.717) is 11.9 Å². The number of hydrogen-bond donors (Lipinski definition) is 0. The first-order valence-corrected chi connectivity index (χ1v) is 6.84. The molecule has 0 saturated carbocycles. The van der Waals surface area contributed by atoms with Crippen molar-refractivity contribution in [3.8, 4) is 6.01 Å². The fraction of sp³-hybridized carbons (Fsp3) is 0.467. The highest BCUT2D eigenvalue weighted by molar-refractivity contribution is 5.77. The molecule has 0 spiro atoms. The summed E-state index contributed by atoms with van der Waals surface area (Å²) in [6, 6.07) is 8.47. The van der Waals surface area contributed by atoms with E-state index in [-0.39, 0.29) is 0 Å². The Bertz CT molecular complexity index is 550. The fourth-order valence-corrected chi connectivity index (χ4v) is 2.45. The standard InChI is InChI=1S/C15H19N3O/c1-18-8-6-12(7-9-18)11-19-15-16-10-13-4-2-3-5-14(13)17-15/h2-5,10,12H,6-9,11H2,1H3. The average molecular weight is 257 g/mol. The molecule has 1 aromatic heterocycles. The molecule has 0 amide bonds. The van der Waals surface area contributed by atoms with E-state index in [1.807, 2.05) is 30.5 Å². The molecule has 0 unspecified atom stereocenters. The van der Waals surface area contributed by atoms with Gasteiger partial charge in [0.25, 0.3) is 0 Å². The van der Waals surface area contributed by atoms with Gasteiger partial charge in [0, 0.05) is 11.6 Å². The highest BCUT2D eigenvalue weighted by Crippen LogP contribution is 2.18. The van der Waals surface area contributed by atoms with Crippen LogP contribution in [0.4, 0.5) is 0 Å². The first-order chi connectivity index (χ1) is 9.31. The second-order valence-corrected chi connectivity index (χ2v) is 5.27. The lowest BCUT2D eigenvalue weighted by molar-refractivity contribution is 0.154. The summed E-state index contributed by atoms with van der Waals surface area (Å²) in [6.07, 6.45) is 4.22. The molecule has 4 heteroatoms. The van der Waals surface area contributed by atoms with E-state index in [1.165, 1.54) is 12.8 Å². The maximum atomic E-state index is 5.75. The smallest absolute Gasteiger partial charge is 0.316 e. The second kappa shape index (κ2) is 5.53. The molecule has 2 aromatic rings. The van der Waals surface area contributed by atoms with Gasteiger partial charge >= 0.3 is 6.01 Å². The molecule has 1 aromatic carbocycles. The average Bonchev–Trinajstić information content (AvgIpc) is 2.46. The molecule has 1 aliphatic rings. The van der Waals surface area contributed by atoms with Gasteiger partial charge in [-0.2, -0.15) is 4.98 Å². The first kappa shape index (κ1) is 12.4. The molecule has 3 rings (SSSR count). The van der Waals surface area contributed by atoms with Gasteiger partial charge < -0.3 is 9.64 Å². The van der Waals surface area contributed by atoms with Crippen LogP contribution in [0.2, 0.25) is 0 Å². The van der Waals surface area contributed by atoms with Crippen LogP contribution in [0.5, 0.6) is 6.01 Å². The molecule has 0 N–H and O–H groups in total. The van der Waals surface area contributed by atoms with Crippen LogP contribution in [0.1, 0.15) is 12.8 Å². The number of aromatic nitrogens is 2. The monoisotopic (exact) mass is 257 g/mol. The molecule has 0 bridgehead atoms. The molecular weight excluding hydrogens is 238 g/mol. The highest BCUT2D eigenvalue weighted by atomic mass is 16.5. The van der Waals surface area contributed by atoms with E-state index >= 15 is 0 Å². The quantitative estimate of drug-likeness (QED) is 0.846. The molecule has 1 saturated heterocycles. The number of fused-ring (bicyclic) bond motifs is 1. The van der Waals surface area contributed by atoms with Crippen molar-refractivity contribution in [2.75, 3.05) is 26.7 Å². The summed E-state index contributed by atoms with van der Waals surface area (Å²) in [5, 5.41) is 1.05. The van der Waals surface area contributed by atoms with E-state index < -0.39 is 0 Å². The number of piperidine rings is 1. The molecule has 1 aliphatic heterocycles. The Morgan fingerprint density at radius 2 is 2.05 bits per heavy atom.